The zero-order chi connectivity index (χ0) is 19.9. The maximum atomic E-state index is 11.9. The van der Waals surface area contributed by atoms with Crippen LogP contribution in [-0.2, 0) is 4.79 Å². The number of thiazole rings is 1. The molecular weight excluding hydrogens is 370 g/mol. The van der Waals surface area contributed by atoms with E-state index in [1.807, 2.05) is 54.6 Å². The number of hydrogen-bond donors (Lipinski definition) is 1. The van der Waals surface area contributed by atoms with Gasteiger partial charge in [-0.1, -0.05) is 60.7 Å². The smallest absolute Gasteiger partial charge is 0.224 e. The molecule has 1 N–H and O–H groups in total. The van der Waals surface area contributed by atoms with Crippen molar-refractivity contribution in [2.45, 2.75) is 13.3 Å². The van der Waals surface area contributed by atoms with Crippen LogP contribution in [0.3, 0.4) is 0 Å². The number of rotatable bonds is 6. The Labute approximate surface area is 167 Å². The third-order valence-electron chi connectivity index (χ3n) is 4.03. The predicted molar refractivity (Wildman–Crippen MR) is 113 cm³/mol. The molecule has 0 spiro atoms. The second kappa shape index (κ2) is 8.98. The molecule has 3 aromatic rings. The number of anilines is 1. The van der Waals surface area contributed by atoms with E-state index in [-0.39, 0.29) is 5.91 Å². The summed E-state index contributed by atoms with van der Waals surface area (Å²) in [5.41, 5.74) is 2.86. The Bertz CT molecular complexity index is 1030. The van der Waals surface area contributed by atoms with Gasteiger partial charge in [-0.2, -0.15) is 5.26 Å². The average molecular weight is 389 g/mol. The van der Waals surface area contributed by atoms with Gasteiger partial charge in [-0.05, 0) is 23.8 Å². The lowest BCUT2D eigenvalue weighted by molar-refractivity contribution is -0.115. The third-order valence-corrected chi connectivity index (χ3v) is 5.03. The zero-order valence-corrected chi connectivity index (χ0v) is 16.4. The molecule has 0 saturated carbocycles. The van der Waals surface area contributed by atoms with Gasteiger partial charge in [-0.15, -0.1) is 0 Å². The number of amides is 1. The molecule has 1 amide bonds. The van der Waals surface area contributed by atoms with E-state index >= 15 is 0 Å². The molecule has 3 rings (SSSR count). The molecule has 28 heavy (non-hydrogen) atoms. The van der Waals surface area contributed by atoms with Gasteiger partial charge in [-0.3, -0.25) is 4.79 Å². The van der Waals surface area contributed by atoms with E-state index in [2.05, 4.69) is 16.4 Å². The van der Waals surface area contributed by atoms with E-state index in [0.717, 1.165) is 16.9 Å². The summed E-state index contributed by atoms with van der Waals surface area (Å²) in [6.07, 6.45) is 2.15. The summed E-state index contributed by atoms with van der Waals surface area (Å²) in [6, 6.07) is 19.3. The van der Waals surface area contributed by atoms with Crippen LogP contribution in [0.25, 0.3) is 22.9 Å². The number of nitrogens with zero attached hydrogens (tertiary/aromatic N) is 2. The van der Waals surface area contributed by atoms with Gasteiger partial charge in [-0.25, -0.2) is 4.98 Å². The predicted octanol–water partition coefficient (Wildman–Crippen LogP) is 5.23. The van der Waals surface area contributed by atoms with Gasteiger partial charge in [0, 0.05) is 12.0 Å². The Balaban J connectivity index is 2.03. The fraction of sp³-hybridized carbons (Fsp3) is 0.136. The monoisotopic (exact) mass is 389 g/mol. The van der Waals surface area contributed by atoms with Gasteiger partial charge in [0.05, 0.1) is 12.7 Å². The first-order chi connectivity index (χ1) is 13.6. The number of aromatic nitrogens is 1. The van der Waals surface area contributed by atoms with Crippen LogP contribution in [0.5, 0.6) is 5.75 Å². The molecule has 1 aromatic heterocycles. The fourth-order valence-electron chi connectivity index (χ4n) is 2.54. The molecular formula is C22H19N3O2S. The first kappa shape index (κ1) is 19.3. The molecule has 0 bridgehead atoms. The van der Waals surface area contributed by atoms with Crippen molar-refractivity contribution in [1.82, 2.24) is 4.98 Å². The van der Waals surface area contributed by atoms with Gasteiger partial charge in [0.2, 0.25) is 5.91 Å². The molecule has 1 heterocycles. The lowest BCUT2D eigenvalue weighted by Crippen LogP contribution is -2.08. The second-order valence-electron chi connectivity index (χ2n) is 5.91. The van der Waals surface area contributed by atoms with Crippen molar-refractivity contribution in [3.8, 4) is 23.1 Å². The third kappa shape index (κ3) is 4.45. The topological polar surface area (TPSA) is 75.0 Å². The Morgan fingerprint density at radius 2 is 1.93 bits per heavy atom. The lowest BCUT2D eigenvalue weighted by Gasteiger charge is -2.03. The van der Waals surface area contributed by atoms with E-state index < -0.39 is 0 Å². The van der Waals surface area contributed by atoms with Crippen LogP contribution in [0, 0.1) is 11.3 Å². The van der Waals surface area contributed by atoms with Crippen LogP contribution in [0.1, 0.15) is 23.9 Å². The Hall–Kier alpha value is -3.43. The van der Waals surface area contributed by atoms with Crippen molar-refractivity contribution in [1.29, 1.82) is 5.26 Å². The van der Waals surface area contributed by atoms with Gasteiger partial charge in [0.25, 0.3) is 0 Å². The van der Waals surface area contributed by atoms with Crippen molar-refractivity contribution in [2.75, 3.05) is 12.4 Å². The molecule has 0 radical (unpaired) electrons. The van der Waals surface area contributed by atoms with Crippen LogP contribution < -0.4 is 10.1 Å². The second-order valence-corrected chi connectivity index (χ2v) is 6.91. The van der Waals surface area contributed by atoms with Crippen LogP contribution >= 0.6 is 11.3 Å². The Morgan fingerprint density at radius 3 is 2.54 bits per heavy atom. The van der Waals surface area contributed by atoms with Gasteiger partial charge < -0.3 is 10.1 Å². The summed E-state index contributed by atoms with van der Waals surface area (Å²) in [5.74, 6) is 0.658. The highest BCUT2D eigenvalue weighted by molar-refractivity contribution is 7.17. The first-order valence-corrected chi connectivity index (χ1v) is 9.58. The van der Waals surface area contributed by atoms with Crippen LogP contribution in [0.15, 0.2) is 54.6 Å². The minimum Gasteiger partial charge on any atom is -0.497 e. The van der Waals surface area contributed by atoms with Crippen molar-refractivity contribution < 1.29 is 9.53 Å². The number of allylic oxidation sites excluding steroid dienone is 1. The van der Waals surface area contributed by atoms with E-state index in [1.165, 1.54) is 11.3 Å². The molecule has 0 fully saturated rings. The lowest BCUT2D eigenvalue weighted by atomic mass is 10.1. The SMILES string of the molecule is CCC(=O)Nc1sc(C(C#N)=Cc2ccc(OC)cc2)nc1-c1ccccc1. The minimum absolute atomic E-state index is 0.0926. The minimum atomic E-state index is -0.0926. The summed E-state index contributed by atoms with van der Waals surface area (Å²) in [4.78, 5) is 16.6. The van der Waals surface area contributed by atoms with Crippen LogP contribution in [-0.4, -0.2) is 18.0 Å². The van der Waals surface area contributed by atoms with E-state index in [9.17, 15) is 10.1 Å². The normalized spacial score (nSPS) is 11.0. The molecule has 0 aliphatic carbocycles. The highest BCUT2D eigenvalue weighted by Crippen LogP contribution is 2.36. The van der Waals surface area contributed by atoms with Crippen LogP contribution in [0.4, 0.5) is 5.00 Å². The molecule has 6 heteroatoms. The molecule has 2 aromatic carbocycles. The maximum Gasteiger partial charge on any atom is 0.224 e. The van der Waals surface area contributed by atoms with Gasteiger partial charge in [0.1, 0.15) is 27.5 Å². The summed E-state index contributed by atoms with van der Waals surface area (Å²) in [7, 11) is 1.61. The highest BCUT2D eigenvalue weighted by atomic mass is 32.1. The molecule has 140 valence electrons. The number of methoxy groups -OCH3 is 1. The molecule has 0 aliphatic heterocycles. The summed E-state index contributed by atoms with van der Waals surface area (Å²) in [5, 5.41) is 13.8. The Morgan fingerprint density at radius 1 is 1.21 bits per heavy atom. The number of carbonyl (C=O) groups is 1. The van der Waals surface area contributed by atoms with Crippen molar-refractivity contribution >= 4 is 33.9 Å². The molecule has 0 atom stereocenters. The van der Waals surface area contributed by atoms with Crippen molar-refractivity contribution in [3.05, 3.63) is 65.2 Å². The number of nitriles is 1. The molecule has 0 unspecified atom stereocenters. The number of nitrogens with one attached hydrogen (secondary N) is 1. The molecule has 0 saturated heterocycles. The van der Waals surface area contributed by atoms with E-state index in [4.69, 9.17) is 4.74 Å². The number of benzene rings is 2. The first-order valence-electron chi connectivity index (χ1n) is 8.77. The Kier molecular flexibility index (Phi) is 6.20. The quantitative estimate of drug-likeness (QED) is 0.586. The number of ether oxygens (including phenoxy) is 1. The maximum absolute atomic E-state index is 11.9. The average Bonchev–Trinajstić information content (AvgIpc) is 3.16. The molecule has 5 nitrogen and oxygen atoms in total. The summed E-state index contributed by atoms with van der Waals surface area (Å²) >= 11 is 1.30. The summed E-state index contributed by atoms with van der Waals surface area (Å²) < 4.78 is 5.16. The van der Waals surface area contributed by atoms with E-state index in [1.54, 1.807) is 20.1 Å². The zero-order valence-electron chi connectivity index (χ0n) is 15.6. The van der Waals surface area contributed by atoms with Crippen molar-refractivity contribution in [3.63, 3.8) is 0 Å². The number of carbonyl (C=O) groups excluding carboxylic acids is 1. The largest absolute Gasteiger partial charge is 0.497 e. The van der Waals surface area contributed by atoms with Crippen molar-refractivity contribution in [2.24, 2.45) is 0 Å². The van der Waals surface area contributed by atoms with E-state index in [0.29, 0.717) is 27.7 Å². The molecule has 0 aliphatic rings. The van der Waals surface area contributed by atoms with Gasteiger partial charge in [0.15, 0.2) is 0 Å². The standard InChI is InChI=1S/C22H19N3O2S/c1-3-19(26)24-22-20(16-7-5-4-6-8-16)25-21(28-22)17(14-23)13-15-9-11-18(27-2)12-10-15/h4-13H,3H2,1-2H3,(H,24,26). The highest BCUT2D eigenvalue weighted by Gasteiger charge is 2.17. The van der Waals surface area contributed by atoms with Gasteiger partial charge >= 0.3 is 0 Å². The number of hydrogen-bond acceptors (Lipinski definition) is 5. The van der Waals surface area contributed by atoms with Crippen LogP contribution in [0.2, 0.25) is 0 Å². The fourth-order valence-corrected chi connectivity index (χ4v) is 3.51. The summed E-state index contributed by atoms with van der Waals surface area (Å²) in [6.45, 7) is 1.80.